The Labute approximate surface area is 73.2 Å². The lowest BCUT2D eigenvalue weighted by atomic mass is 10.4. The molecule has 0 heterocycles. The predicted molar refractivity (Wildman–Crippen MR) is 46.1 cm³/mol. The lowest BCUT2D eigenvalue weighted by Gasteiger charge is -2.04. The summed E-state index contributed by atoms with van der Waals surface area (Å²) in [6.45, 7) is 3.71. The first kappa shape index (κ1) is 11.2. The van der Waals surface area contributed by atoms with Gasteiger partial charge in [-0.2, -0.15) is 0 Å². The van der Waals surface area contributed by atoms with Gasteiger partial charge in [-0.3, -0.25) is 0 Å². The highest BCUT2D eigenvalue weighted by atomic mass is 16.5. The van der Waals surface area contributed by atoms with Crippen molar-refractivity contribution in [2.75, 3.05) is 26.9 Å². The molecule has 0 fully saturated rings. The monoisotopic (exact) mass is 175 g/mol. The summed E-state index contributed by atoms with van der Waals surface area (Å²) in [4.78, 5) is 10.8. The van der Waals surface area contributed by atoms with Crippen molar-refractivity contribution in [3.05, 3.63) is 0 Å². The summed E-state index contributed by atoms with van der Waals surface area (Å²) in [6, 6.07) is 0. The van der Waals surface area contributed by atoms with Crippen molar-refractivity contribution in [2.24, 2.45) is 0 Å². The minimum atomic E-state index is -0.340. The Kier molecular flexibility index (Phi) is 7.79. The Morgan fingerprint density at radius 3 is 2.75 bits per heavy atom. The molecule has 0 unspecified atom stereocenters. The molecular formula is C8H17NO3. The number of ether oxygens (including phenoxy) is 2. The third-order valence-corrected chi connectivity index (χ3v) is 1.23. The van der Waals surface area contributed by atoms with Crippen molar-refractivity contribution in [2.45, 2.75) is 19.8 Å². The van der Waals surface area contributed by atoms with E-state index in [1.165, 1.54) is 0 Å². The number of methoxy groups -OCH3 is 1. The molecule has 0 atom stereocenters. The first-order chi connectivity index (χ1) is 5.81. The Balaban J connectivity index is 3.08. The summed E-state index contributed by atoms with van der Waals surface area (Å²) < 4.78 is 9.59. The fourth-order valence-corrected chi connectivity index (χ4v) is 0.653. The normalized spacial score (nSPS) is 9.50. The summed E-state index contributed by atoms with van der Waals surface area (Å²) in [5, 5.41) is 2.61. The first-order valence-corrected chi connectivity index (χ1v) is 4.20. The average molecular weight is 175 g/mol. The minimum absolute atomic E-state index is 0.340. The number of hydrogen-bond donors (Lipinski definition) is 1. The molecule has 0 saturated carbocycles. The van der Waals surface area contributed by atoms with Gasteiger partial charge in [0.2, 0.25) is 0 Å². The number of hydrogen-bond acceptors (Lipinski definition) is 3. The van der Waals surface area contributed by atoms with Crippen molar-refractivity contribution in [1.29, 1.82) is 0 Å². The zero-order chi connectivity index (χ0) is 9.23. The fourth-order valence-electron chi connectivity index (χ4n) is 0.653. The molecular weight excluding hydrogens is 158 g/mol. The highest BCUT2D eigenvalue weighted by Crippen LogP contribution is 1.83. The van der Waals surface area contributed by atoms with Gasteiger partial charge in [0.25, 0.3) is 0 Å². The van der Waals surface area contributed by atoms with Crippen molar-refractivity contribution < 1.29 is 14.3 Å². The Bertz CT molecular complexity index is 117. The molecule has 72 valence electrons. The SMILES string of the molecule is CCCOC(=O)NCCCOC. The van der Waals surface area contributed by atoms with Crippen LogP contribution in [0, 0.1) is 0 Å². The molecule has 1 N–H and O–H groups in total. The van der Waals surface area contributed by atoms with Crippen LogP contribution >= 0.6 is 0 Å². The van der Waals surface area contributed by atoms with Gasteiger partial charge in [-0.25, -0.2) is 4.79 Å². The van der Waals surface area contributed by atoms with Crippen LogP contribution in [0.2, 0.25) is 0 Å². The van der Waals surface area contributed by atoms with E-state index in [-0.39, 0.29) is 6.09 Å². The van der Waals surface area contributed by atoms with E-state index in [0.29, 0.717) is 19.8 Å². The number of alkyl carbamates (subject to hydrolysis) is 1. The van der Waals surface area contributed by atoms with E-state index >= 15 is 0 Å². The van der Waals surface area contributed by atoms with Crippen LogP contribution in [0.5, 0.6) is 0 Å². The lowest BCUT2D eigenvalue weighted by molar-refractivity contribution is 0.143. The van der Waals surface area contributed by atoms with Gasteiger partial charge in [0, 0.05) is 20.3 Å². The zero-order valence-corrected chi connectivity index (χ0v) is 7.76. The third-order valence-electron chi connectivity index (χ3n) is 1.23. The second-order valence-corrected chi connectivity index (χ2v) is 2.41. The second kappa shape index (κ2) is 8.33. The summed E-state index contributed by atoms with van der Waals surface area (Å²) in [6.07, 6.45) is 1.33. The molecule has 0 bridgehead atoms. The number of rotatable bonds is 6. The maximum absolute atomic E-state index is 10.8. The van der Waals surface area contributed by atoms with E-state index in [1.807, 2.05) is 6.92 Å². The standard InChI is InChI=1S/C8H17NO3/c1-3-6-12-8(10)9-5-4-7-11-2/h3-7H2,1-2H3,(H,9,10). The van der Waals surface area contributed by atoms with Crippen molar-refractivity contribution in [1.82, 2.24) is 5.32 Å². The molecule has 0 aromatic rings. The summed E-state index contributed by atoms with van der Waals surface area (Å²) in [7, 11) is 1.63. The third kappa shape index (κ3) is 7.34. The van der Waals surface area contributed by atoms with E-state index in [1.54, 1.807) is 7.11 Å². The fraction of sp³-hybridized carbons (Fsp3) is 0.875. The van der Waals surface area contributed by atoms with Crippen LogP contribution in [0.4, 0.5) is 4.79 Å². The van der Waals surface area contributed by atoms with Gasteiger partial charge in [-0.1, -0.05) is 6.92 Å². The highest BCUT2D eigenvalue weighted by molar-refractivity contribution is 5.66. The van der Waals surface area contributed by atoms with E-state index in [0.717, 1.165) is 12.8 Å². The van der Waals surface area contributed by atoms with Gasteiger partial charge in [0.05, 0.1) is 6.61 Å². The van der Waals surface area contributed by atoms with E-state index in [4.69, 9.17) is 9.47 Å². The summed E-state index contributed by atoms with van der Waals surface area (Å²) >= 11 is 0. The zero-order valence-electron chi connectivity index (χ0n) is 7.76. The van der Waals surface area contributed by atoms with Gasteiger partial charge in [0.15, 0.2) is 0 Å². The number of nitrogens with one attached hydrogen (secondary N) is 1. The minimum Gasteiger partial charge on any atom is -0.450 e. The molecule has 4 nitrogen and oxygen atoms in total. The topological polar surface area (TPSA) is 47.6 Å². The second-order valence-electron chi connectivity index (χ2n) is 2.41. The molecule has 0 rings (SSSR count). The van der Waals surface area contributed by atoms with E-state index < -0.39 is 0 Å². The summed E-state index contributed by atoms with van der Waals surface area (Å²) in [5.41, 5.74) is 0. The largest absolute Gasteiger partial charge is 0.450 e. The lowest BCUT2D eigenvalue weighted by Crippen LogP contribution is -2.26. The van der Waals surface area contributed by atoms with Crippen LogP contribution in [0.15, 0.2) is 0 Å². The summed E-state index contributed by atoms with van der Waals surface area (Å²) in [5.74, 6) is 0. The maximum atomic E-state index is 10.8. The molecule has 1 amide bonds. The molecule has 0 aliphatic rings. The molecule has 0 radical (unpaired) electrons. The maximum Gasteiger partial charge on any atom is 0.407 e. The number of carbonyl (C=O) groups excluding carboxylic acids is 1. The van der Waals surface area contributed by atoms with Crippen LogP contribution in [0.3, 0.4) is 0 Å². The number of amides is 1. The first-order valence-electron chi connectivity index (χ1n) is 4.20. The van der Waals surface area contributed by atoms with E-state index in [9.17, 15) is 4.79 Å². The highest BCUT2D eigenvalue weighted by Gasteiger charge is 1.97. The quantitative estimate of drug-likeness (QED) is 0.616. The molecule has 0 aliphatic carbocycles. The van der Waals surface area contributed by atoms with Crippen molar-refractivity contribution >= 4 is 6.09 Å². The van der Waals surface area contributed by atoms with Gasteiger partial charge in [-0.05, 0) is 12.8 Å². The van der Waals surface area contributed by atoms with Crippen LogP contribution in [-0.2, 0) is 9.47 Å². The van der Waals surface area contributed by atoms with Gasteiger partial charge >= 0.3 is 6.09 Å². The Morgan fingerprint density at radius 1 is 1.42 bits per heavy atom. The van der Waals surface area contributed by atoms with Gasteiger partial charge < -0.3 is 14.8 Å². The van der Waals surface area contributed by atoms with Crippen LogP contribution in [0.25, 0.3) is 0 Å². The smallest absolute Gasteiger partial charge is 0.407 e. The van der Waals surface area contributed by atoms with Crippen molar-refractivity contribution in [3.63, 3.8) is 0 Å². The van der Waals surface area contributed by atoms with Crippen LogP contribution in [-0.4, -0.2) is 33.0 Å². The van der Waals surface area contributed by atoms with Crippen molar-refractivity contribution in [3.8, 4) is 0 Å². The number of carbonyl (C=O) groups is 1. The average Bonchev–Trinajstić information content (AvgIpc) is 2.09. The molecule has 0 aliphatic heterocycles. The Hall–Kier alpha value is -0.770. The van der Waals surface area contributed by atoms with Gasteiger partial charge in [-0.15, -0.1) is 0 Å². The molecule has 0 spiro atoms. The molecule has 4 heteroatoms. The predicted octanol–water partition coefficient (Wildman–Crippen LogP) is 1.16. The van der Waals surface area contributed by atoms with Gasteiger partial charge in [0.1, 0.15) is 0 Å². The molecule has 0 aromatic carbocycles. The molecule has 0 aromatic heterocycles. The Morgan fingerprint density at radius 2 is 2.17 bits per heavy atom. The molecule has 0 saturated heterocycles. The van der Waals surface area contributed by atoms with Crippen LogP contribution in [0.1, 0.15) is 19.8 Å². The van der Waals surface area contributed by atoms with Crippen LogP contribution < -0.4 is 5.32 Å². The van der Waals surface area contributed by atoms with E-state index in [2.05, 4.69) is 5.32 Å². The molecule has 12 heavy (non-hydrogen) atoms.